The Morgan fingerprint density at radius 1 is 1.21 bits per heavy atom. The maximum absolute atomic E-state index is 11.9. The molecular formula is C16H19N3O5. The zero-order chi connectivity index (χ0) is 17.9. The van der Waals surface area contributed by atoms with Crippen LogP contribution in [0.15, 0.2) is 30.0 Å². The number of nitrogens with zero attached hydrogens (tertiary/aromatic N) is 2. The molecule has 1 aliphatic rings. The maximum Gasteiger partial charge on any atom is 0.354 e. The fourth-order valence-corrected chi connectivity index (χ4v) is 2.39. The topological polar surface area (TPSA) is 88.2 Å². The molecule has 0 fully saturated rings. The molecule has 128 valence electrons. The summed E-state index contributed by atoms with van der Waals surface area (Å²) in [7, 11) is 5.84. The molecule has 1 heterocycles. The summed E-state index contributed by atoms with van der Waals surface area (Å²) in [6.07, 6.45) is 1.02. The Labute approximate surface area is 139 Å². The Morgan fingerprint density at radius 3 is 2.54 bits per heavy atom. The van der Waals surface area contributed by atoms with Crippen molar-refractivity contribution >= 4 is 29.3 Å². The van der Waals surface area contributed by atoms with Gasteiger partial charge < -0.3 is 19.7 Å². The minimum atomic E-state index is -0.692. The predicted molar refractivity (Wildman–Crippen MR) is 87.4 cm³/mol. The summed E-state index contributed by atoms with van der Waals surface area (Å²) in [5.74, 6) is -1.37. The molecule has 2 amide bonds. The number of hydrogen-bond acceptors (Lipinski definition) is 6. The number of carbonyl (C=O) groups excluding carboxylic acids is 3. The number of nitrogens with one attached hydrogen (secondary N) is 1. The molecule has 0 bridgehead atoms. The minimum absolute atomic E-state index is 0.0436. The van der Waals surface area contributed by atoms with Crippen molar-refractivity contribution in [2.24, 2.45) is 0 Å². The monoisotopic (exact) mass is 333 g/mol. The predicted octanol–water partition coefficient (Wildman–Crippen LogP) is 1.33. The molecule has 0 saturated carbocycles. The zero-order valence-electron chi connectivity index (χ0n) is 14.0. The molecule has 0 atom stereocenters. The number of esters is 2. The number of urea groups is 1. The van der Waals surface area contributed by atoms with Crippen LogP contribution in [0.1, 0.15) is 5.56 Å². The molecule has 0 aromatic heterocycles. The molecule has 0 aliphatic carbocycles. The summed E-state index contributed by atoms with van der Waals surface area (Å²) in [4.78, 5) is 38.3. The van der Waals surface area contributed by atoms with E-state index in [-0.39, 0.29) is 11.7 Å². The number of amides is 2. The number of carbonyl (C=O) groups is 3. The van der Waals surface area contributed by atoms with Gasteiger partial charge in [-0.1, -0.05) is 0 Å². The lowest BCUT2D eigenvalue weighted by atomic mass is 10.1. The highest BCUT2D eigenvalue weighted by Crippen LogP contribution is 2.29. The fourth-order valence-electron chi connectivity index (χ4n) is 2.39. The third kappa shape index (κ3) is 3.48. The third-order valence-corrected chi connectivity index (χ3v) is 3.61. The number of hydrogen-bond donors (Lipinski definition) is 1. The first-order valence-electron chi connectivity index (χ1n) is 7.14. The number of fused-ring (bicyclic) bond motifs is 1. The van der Waals surface area contributed by atoms with Crippen molar-refractivity contribution in [1.82, 2.24) is 4.90 Å². The van der Waals surface area contributed by atoms with E-state index in [0.29, 0.717) is 12.2 Å². The van der Waals surface area contributed by atoms with Gasteiger partial charge in [0.1, 0.15) is 5.70 Å². The van der Waals surface area contributed by atoms with Gasteiger partial charge in [-0.3, -0.25) is 4.90 Å². The van der Waals surface area contributed by atoms with E-state index in [9.17, 15) is 14.4 Å². The molecule has 1 N–H and O–H groups in total. The van der Waals surface area contributed by atoms with Gasteiger partial charge in [0.25, 0.3) is 0 Å². The molecule has 24 heavy (non-hydrogen) atoms. The average molecular weight is 333 g/mol. The number of anilines is 2. The molecule has 1 aromatic carbocycles. The van der Waals surface area contributed by atoms with Crippen LogP contribution in [0.3, 0.4) is 0 Å². The maximum atomic E-state index is 11.9. The first kappa shape index (κ1) is 17.3. The second-order valence-electron chi connectivity index (χ2n) is 5.24. The van der Waals surface area contributed by atoms with Crippen LogP contribution in [0.25, 0.3) is 0 Å². The summed E-state index contributed by atoms with van der Waals surface area (Å²) >= 11 is 0. The van der Waals surface area contributed by atoms with Gasteiger partial charge in [0.15, 0.2) is 0 Å². The number of benzene rings is 1. The molecule has 0 radical (unpaired) electrons. The van der Waals surface area contributed by atoms with Gasteiger partial charge >= 0.3 is 18.0 Å². The van der Waals surface area contributed by atoms with Crippen molar-refractivity contribution in [3.8, 4) is 0 Å². The SMILES string of the molecule is COC(=O)/C=C(/Nc1ccc2c(c1)CN(C)C(=O)N2C)C(=O)OC. The van der Waals surface area contributed by atoms with E-state index in [1.54, 1.807) is 36.0 Å². The highest BCUT2D eigenvalue weighted by atomic mass is 16.5. The van der Waals surface area contributed by atoms with Gasteiger partial charge in [-0.15, -0.1) is 0 Å². The average Bonchev–Trinajstić information content (AvgIpc) is 2.58. The van der Waals surface area contributed by atoms with E-state index < -0.39 is 11.9 Å². The van der Waals surface area contributed by atoms with E-state index in [0.717, 1.165) is 17.3 Å². The van der Waals surface area contributed by atoms with E-state index in [1.165, 1.54) is 14.2 Å². The molecule has 2 rings (SSSR count). The Kier molecular flexibility index (Phi) is 5.08. The van der Waals surface area contributed by atoms with Crippen molar-refractivity contribution in [2.45, 2.75) is 6.54 Å². The highest BCUT2D eigenvalue weighted by Gasteiger charge is 2.25. The molecule has 1 aromatic rings. The van der Waals surface area contributed by atoms with Crippen LogP contribution in [-0.2, 0) is 25.6 Å². The first-order chi connectivity index (χ1) is 11.4. The molecule has 0 spiro atoms. The van der Waals surface area contributed by atoms with Crippen LogP contribution in [0.2, 0.25) is 0 Å². The standard InChI is InChI=1S/C16H19N3O5/c1-18-9-10-7-11(5-6-13(10)19(2)16(18)22)17-12(15(21)24-4)8-14(20)23-3/h5-8,17H,9H2,1-4H3/b12-8+. The Bertz CT molecular complexity index is 714. The van der Waals surface area contributed by atoms with E-state index in [4.69, 9.17) is 0 Å². The Balaban J connectivity index is 2.31. The van der Waals surface area contributed by atoms with E-state index in [2.05, 4.69) is 14.8 Å². The van der Waals surface area contributed by atoms with Crippen LogP contribution in [0.5, 0.6) is 0 Å². The van der Waals surface area contributed by atoms with Gasteiger partial charge in [0.05, 0.1) is 26.0 Å². The van der Waals surface area contributed by atoms with Crippen LogP contribution in [0, 0.1) is 0 Å². The van der Waals surface area contributed by atoms with Gasteiger partial charge in [0.2, 0.25) is 0 Å². The Morgan fingerprint density at radius 2 is 1.92 bits per heavy atom. The highest BCUT2D eigenvalue weighted by molar-refractivity contribution is 5.99. The van der Waals surface area contributed by atoms with Gasteiger partial charge in [-0.25, -0.2) is 14.4 Å². The molecule has 1 aliphatic heterocycles. The van der Waals surface area contributed by atoms with Gasteiger partial charge in [0, 0.05) is 26.3 Å². The summed E-state index contributed by atoms with van der Waals surface area (Å²) < 4.78 is 9.18. The van der Waals surface area contributed by atoms with Crippen LogP contribution < -0.4 is 10.2 Å². The second kappa shape index (κ2) is 7.03. The number of methoxy groups -OCH3 is 2. The quantitative estimate of drug-likeness (QED) is 0.661. The van der Waals surface area contributed by atoms with E-state index in [1.807, 2.05) is 6.07 Å². The van der Waals surface area contributed by atoms with Crippen LogP contribution in [0.4, 0.5) is 16.2 Å². The van der Waals surface area contributed by atoms with Gasteiger partial charge in [-0.05, 0) is 23.8 Å². The fraction of sp³-hybridized carbons (Fsp3) is 0.312. The van der Waals surface area contributed by atoms with Crippen molar-refractivity contribution in [1.29, 1.82) is 0 Å². The summed E-state index contributed by atoms with van der Waals surface area (Å²) in [5, 5.41) is 2.85. The summed E-state index contributed by atoms with van der Waals surface area (Å²) in [5.41, 5.74) is 2.25. The van der Waals surface area contributed by atoms with Crippen LogP contribution in [-0.4, -0.2) is 51.2 Å². The van der Waals surface area contributed by atoms with Crippen LogP contribution >= 0.6 is 0 Å². The zero-order valence-corrected chi connectivity index (χ0v) is 14.0. The number of rotatable bonds is 4. The summed E-state index contributed by atoms with van der Waals surface area (Å²) in [6, 6.07) is 5.20. The Hall–Kier alpha value is -3.03. The molecule has 8 heteroatoms. The number of ether oxygens (including phenoxy) is 2. The lowest BCUT2D eigenvalue weighted by Crippen LogP contribution is -2.42. The first-order valence-corrected chi connectivity index (χ1v) is 7.14. The minimum Gasteiger partial charge on any atom is -0.466 e. The van der Waals surface area contributed by atoms with Crippen molar-refractivity contribution < 1.29 is 23.9 Å². The molecule has 0 unspecified atom stereocenters. The van der Waals surface area contributed by atoms with Gasteiger partial charge in [-0.2, -0.15) is 0 Å². The molecular weight excluding hydrogens is 314 g/mol. The smallest absolute Gasteiger partial charge is 0.354 e. The van der Waals surface area contributed by atoms with Crippen molar-refractivity contribution in [3.05, 3.63) is 35.5 Å². The van der Waals surface area contributed by atoms with E-state index >= 15 is 0 Å². The second-order valence-corrected chi connectivity index (χ2v) is 5.24. The third-order valence-electron chi connectivity index (χ3n) is 3.61. The lowest BCUT2D eigenvalue weighted by Gasteiger charge is -2.32. The molecule has 8 nitrogen and oxygen atoms in total. The normalized spacial score (nSPS) is 14.2. The largest absolute Gasteiger partial charge is 0.466 e. The summed E-state index contributed by atoms with van der Waals surface area (Å²) in [6.45, 7) is 0.447. The molecule has 0 saturated heterocycles. The lowest BCUT2D eigenvalue weighted by molar-refractivity contribution is -0.138. The van der Waals surface area contributed by atoms with Crippen molar-refractivity contribution in [2.75, 3.05) is 38.5 Å². The van der Waals surface area contributed by atoms with Crippen molar-refractivity contribution in [3.63, 3.8) is 0 Å².